The first-order valence-electron chi connectivity index (χ1n) is 9.48. The molecule has 1 heterocycles. The fraction of sp³-hybridized carbons (Fsp3) is 0.208. The molecule has 0 aliphatic heterocycles. The Labute approximate surface area is 170 Å². The molecular weight excluding hydrogens is 364 g/mol. The maximum absolute atomic E-state index is 11.4. The fourth-order valence-electron chi connectivity index (χ4n) is 3.64. The number of pyridine rings is 1. The number of rotatable bonds is 5. The van der Waals surface area contributed by atoms with Gasteiger partial charge in [-0.3, -0.25) is 9.78 Å². The number of amides is 1. The smallest absolute Gasteiger partial charge is 0.221 e. The number of nitrogens with zero attached hydrogens (tertiary/aromatic N) is 1. The summed E-state index contributed by atoms with van der Waals surface area (Å²) in [5.74, 6) is 1.30. The number of allylic oxidation sites excluding steroid dienone is 7. The van der Waals surface area contributed by atoms with E-state index in [-0.39, 0.29) is 5.91 Å². The molecule has 0 saturated carbocycles. The highest BCUT2D eigenvalue weighted by molar-refractivity contribution is 6.06. The van der Waals surface area contributed by atoms with E-state index >= 15 is 0 Å². The van der Waals surface area contributed by atoms with Crippen LogP contribution in [0.1, 0.15) is 25.8 Å². The van der Waals surface area contributed by atoms with E-state index in [1.54, 1.807) is 14.2 Å². The van der Waals surface area contributed by atoms with Crippen LogP contribution in [0.4, 0.5) is 0 Å². The van der Waals surface area contributed by atoms with Crippen molar-refractivity contribution in [2.24, 2.45) is 0 Å². The van der Waals surface area contributed by atoms with Crippen LogP contribution in [-0.2, 0) is 4.79 Å². The van der Waals surface area contributed by atoms with Crippen LogP contribution in [0.3, 0.4) is 0 Å². The summed E-state index contributed by atoms with van der Waals surface area (Å²) in [5.41, 5.74) is 7.66. The number of benzene rings is 1. The first-order valence-corrected chi connectivity index (χ1v) is 9.48. The molecule has 0 bridgehead atoms. The van der Waals surface area contributed by atoms with Crippen molar-refractivity contribution < 1.29 is 14.3 Å². The van der Waals surface area contributed by atoms with Crippen LogP contribution in [0, 0.1) is 6.42 Å². The van der Waals surface area contributed by atoms with Gasteiger partial charge in [0.1, 0.15) is 0 Å². The molecule has 0 atom stereocenters. The molecule has 5 heteroatoms. The Bertz CT molecular complexity index is 1140. The molecule has 0 unspecified atom stereocenters. The number of nitrogens with one attached hydrogen (secondary N) is 1. The lowest BCUT2D eigenvalue weighted by molar-refractivity contribution is -0.118. The van der Waals surface area contributed by atoms with Crippen LogP contribution in [0.2, 0.25) is 0 Å². The number of carbonyl (C=O) groups is 1. The van der Waals surface area contributed by atoms with Gasteiger partial charge >= 0.3 is 0 Å². The minimum absolute atomic E-state index is 0.0512. The molecule has 2 aromatic rings. The Morgan fingerprint density at radius 1 is 1.10 bits per heavy atom. The molecule has 147 valence electrons. The van der Waals surface area contributed by atoms with Gasteiger partial charge in [-0.1, -0.05) is 12.2 Å². The van der Waals surface area contributed by atoms with Gasteiger partial charge in [0.25, 0.3) is 0 Å². The SMILES string of the molecule is COc1cc2nccc(C3=C(C4=CC=C(NC(C)=O)CC=C4C)[CH]3)c2cc1OC. The summed E-state index contributed by atoms with van der Waals surface area (Å²) in [6, 6.07) is 5.91. The average Bonchev–Trinajstić information content (AvgIpc) is 3.51. The standard InChI is InChI=1S/C24H23N2O3/c1-14-5-6-16(26-15(2)27)7-8-17(14)19-11-20(19)18-9-10-25-22-13-24(29-4)23(28-3)12-21(18)22/h5,7-13H,6H2,1-4H3,(H,26,27). The number of hydrogen-bond acceptors (Lipinski definition) is 4. The van der Waals surface area contributed by atoms with E-state index < -0.39 is 0 Å². The lowest BCUT2D eigenvalue weighted by Crippen LogP contribution is -2.18. The first kappa shape index (κ1) is 19.0. The Balaban J connectivity index is 1.76. The summed E-state index contributed by atoms with van der Waals surface area (Å²) in [6.07, 6.45) is 10.9. The number of methoxy groups -OCH3 is 2. The molecule has 1 amide bonds. The molecular formula is C24H23N2O3. The predicted molar refractivity (Wildman–Crippen MR) is 114 cm³/mol. The number of fused-ring (bicyclic) bond motifs is 1. The van der Waals surface area contributed by atoms with Crippen molar-refractivity contribution in [1.82, 2.24) is 10.3 Å². The van der Waals surface area contributed by atoms with Gasteiger partial charge in [0.05, 0.1) is 19.7 Å². The molecule has 2 aliphatic rings. The van der Waals surface area contributed by atoms with Gasteiger partial charge in [-0.25, -0.2) is 0 Å². The zero-order chi connectivity index (χ0) is 20.5. The van der Waals surface area contributed by atoms with Crippen LogP contribution < -0.4 is 14.8 Å². The van der Waals surface area contributed by atoms with Gasteiger partial charge in [-0.15, -0.1) is 0 Å². The van der Waals surface area contributed by atoms with Crippen molar-refractivity contribution in [1.29, 1.82) is 0 Å². The third-order valence-corrected chi connectivity index (χ3v) is 5.16. The van der Waals surface area contributed by atoms with Gasteiger partial charge in [0.2, 0.25) is 5.91 Å². The lowest BCUT2D eigenvalue weighted by Gasteiger charge is -2.10. The number of aromatic nitrogens is 1. The Kier molecular flexibility index (Phi) is 4.97. The summed E-state index contributed by atoms with van der Waals surface area (Å²) >= 11 is 0. The molecule has 0 fully saturated rings. The molecule has 1 radical (unpaired) electrons. The largest absolute Gasteiger partial charge is 0.493 e. The summed E-state index contributed by atoms with van der Waals surface area (Å²) in [5, 5.41) is 3.91. The van der Waals surface area contributed by atoms with E-state index in [2.05, 4.69) is 35.8 Å². The van der Waals surface area contributed by atoms with Gasteiger partial charge < -0.3 is 14.8 Å². The molecule has 0 saturated heterocycles. The quantitative estimate of drug-likeness (QED) is 0.819. The van der Waals surface area contributed by atoms with Crippen molar-refractivity contribution in [2.75, 3.05) is 14.2 Å². The third-order valence-electron chi connectivity index (χ3n) is 5.16. The van der Waals surface area contributed by atoms with E-state index in [1.165, 1.54) is 29.2 Å². The summed E-state index contributed by atoms with van der Waals surface area (Å²) in [6.45, 7) is 3.63. The van der Waals surface area contributed by atoms with E-state index in [4.69, 9.17) is 9.47 Å². The highest BCUT2D eigenvalue weighted by Crippen LogP contribution is 2.48. The minimum atomic E-state index is -0.0512. The molecule has 1 aromatic heterocycles. The predicted octanol–water partition coefficient (Wildman–Crippen LogP) is 4.52. The first-order chi connectivity index (χ1) is 14.0. The molecule has 4 rings (SSSR count). The second-order valence-electron chi connectivity index (χ2n) is 7.10. The summed E-state index contributed by atoms with van der Waals surface area (Å²) < 4.78 is 10.9. The van der Waals surface area contributed by atoms with Gasteiger partial charge in [0, 0.05) is 43.1 Å². The van der Waals surface area contributed by atoms with Gasteiger partial charge in [-0.05, 0) is 53.0 Å². The molecule has 1 N–H and O–H groups in total. The van der Waals surface area contributed by atoms with Crippen molar-refractivity contribution in [3.8, 4) is 11.5 Å². The van der Waals surface area contributed by atoms with Crippen molar-refractivity contribution >= 4 is 22.4 Å². The average molecular weight is 387 g/mol. The number of ether oxygens (including phenoxy) is 2. The highest BCUT2D eigenvalue weighted by Gasteiger charge is 2.29. The van der Waals surface area contributed by atoms with Gasteiger partial charge in [0.15, 0.2) is 11.5 Å². The lowest BCUT2D eigenvalue weighted by atomic mass is 10.0. The second-order valence-corrected chi connectivity index (χ2v) is 7.10. The number of hydrogen-bond donors (Lipinski definition) is 1. The molecule has 29 heavy (non-hydrogen) atoms. The zero-order valence-corrected chi connectivity index (χ0v) is 17.0. The topological polar surface area (TPSA) is 60.5 Å². The fourth-order valence-corrected chi connectivity index (χ4v) is 3.64. The minimum Gasteiger partial charge on any atom is -0.493 e. The van der Waals surface area contributed by atoms with Crippen LogP contribution in [0.25, 0.3) is 16.5 Å². The molecule has 1 aromatic carbocycles. The van der Waals surface area contributed by atoms with Gasteiger partial charge in [-0.2, -0.15) is 0 Å². The normalized spacial score (nSPS) is 15.9. The Morgan fingerprint density at radius 2 is 1.86 bits per heavy atom. The van der Waals surface area contributed by atoms with E-state index in [0.717, 1.165) is 22.2 Å². The van der Waals surface area contributed by atoms with Crippen LogP contribution in [-0.4, -0.2) is 25.1 Å². The highest BCUT2D eigenvalue weighted by atomic mass is 16.5. The van der Waals surface area contributed by atoms with Crippen molar-refractivity contribution in [3.05, 3.63) is 77.0 Å². The maximum Gasteiger partial charge on any atom is 0.221 e. The second kappa shape index (κ2) is 7.59. The summed E-state index contributed by atoms with van der Waals surface area (Å²) in [4.78, 5) is 15.9. The monoisotopic (exact) mass is 387 g/mol. The Hall–Kier alpha value is -3.34. The van der Waals surface area contributed by atoms with E-state index in [9.17, 15) is 4.79 Å². The van der Waals surface area contributed by atoms with Crippen molar-refractivity contribution in [3.63, 3.8) is 0 Å². The zero-order valence-electron chi connectivity index (χ0n) is 17.0. The van der Waals surface area contributed by atoms with E-state index in [0.29, 0.717) is 17.9 Å². The van der Waals surface area contributed by atoms with Crippen LogP contribution >= 0.6 is 0 Å². The third kappa shape index (κ3) is 3.68. The Morgan fingerprint density at radius 3 is 2.59 bits per heavy atom. The summed E-state index contributed by atoms with van der Waals surface area (Å²) in [7, 11) is 3.26. The molecule has 5 nitrogen and oxygen atoms in total. The number of carbonyl (C=O) groups excluding carboxylic acids is 1. The molecule has 2 aliphatic carbocycles. The van der Waals surface area contributed by atoms with Crippen molar-refractivity contribution in [2.45, 2.75) is 20.3 Å². The molecule has 0 spiro atoms. The maximum atomic E-state index is 11.4. The van der Waals surface area contributed by atoms with E-state index in [1.807, 2.05) is 30.5 Å². The van der Waals surface area contributed by atoms with Crippen LogP contribution in [0.5, 0.6) is 11.5 Å². The van der Waals surface area contributed by atoms with Crippen LogP contribution in [0.15, 0.2) is 65.0 Å².